The molecule has 1 atom stereocenters. The smallest absolute Gasteiger partial charge is 0.303 e. The summed E-state index contributed by atoms with van der Waals surface area (Å²) < 4.78 is 2.18. The van der Waals surface area contributed by atoms with Crippen molar-refractivity contribution in [2.45, 2.75) is 26.2 Å². The lowest BCUT2D eigenvalue weighted by atomic mass is 10.0. The summed E-state index contributed by atoms with van der Waals surface area (Å²) in [4.78, 5) is 11.8. The summed E-state index contributed by atoms with van der Waals surface area (Å²) in [7, 11) is 0. The van der Waals surface area contributed by atoms with Crippen LogP contribution in [0, 0.1) is 5.92 Å². The summed E-state index contributed by atoms with van der Waals surface area (Å²) in [5, 5.41) is 8.62. The molecule has 0 aliphatic carbocycles. The highest BCUT2D eigenvalue weighted by molar-refractivity contribution is 9.13. The number of carbonyl (C=O) groups is 1. The fourth-order valence-electron chi connectivity index (χ4n) is 1.30. The molecule has 0 amide bonds. The average molecular weight is 356 g/mol. The minimum Gasteiger partial charge on any atom is -0.481 e. The maximum Gasteiger partial charge on any atom is 0.303 e. The number of aryl methyl sites for hydroxylation is 1. The maximum atomic E-state index is 10.5. The van der Waals surface area contributed by atoms with Crippen LogP contribution in [-0.4, -0.2) is 11.1 Å². The minimum absolute atomic E-state index is 0.238. The molecule has 1 unspecified atom stereocenters. The van der Waals surface area contributed by atoms with Crippen molar-refractivity contribution < 1.29 is 9.90 Å². The number of rotatable bonds is 5. The molecule has 1 N–H and O–H groups in total. The monoisotopic (exact) mass is 354 g/mol. The number of carboxylic acid groups (broad SMARTS) is 1. The first-order chi connectivity index (χ1) is 6.99. The van der Waals surface area contributed by atoms with Gasteiger partial charge in [-0.25, -0.2) is 0 Å². The summed E-state index contributed by atoms with van der Waals surface area (Å²) in [6, 6.07) is 2.09. The molecular weight excluding hydrogens is 344 g/mol. The molecular formula is C10H12Br2O2S. The molecule has 1 aromatic heterocycles. The largest absolute Gasteiger partial charge is 0.481 e. The number of carboxylic acids is 1. The van der Waals surface area contributed by atoms with E-state index >= 15 is 0 Å². The van der Waals surface area contributed by atoms with Crippen LogP contribution in [-0.2, 0) is 11.2 Å². The molecule has 15 heavy (non-hydrogen) atoms. The van der Waals surface area contributed by atoms with Crippen LogP contribution < -0.4 is 0 Å². The molecule has 0 saturated carbocycles. The van der Waals surface area contributed by atoms with Gasteiger partial charge in [-0.05, 0) is 56.7 Å². The standard InChI is InChI=1S/C10H12Br2O2S/c1-6(4-9(13)14)2-3-7-5-8(11)10(12)15-7/h5-6H,2-4H2,1H3,(H,13,14). The van der Waals surface area contributed by atoms with E-state index < -0.39 is 5.97 Å². The molecule has 84 valence electrons. The third-order valence-corrected chi connectivity index (χ3v) is 5.42. The van der Waals surface area contributed by atoms with Gasteiger partial charge in [0, 0.05) is 15.8 Å². The SMILES string of the molecule is CC(CCc1cc(Br)c(Br)s1)CC(=O)O. The zero-order valence-corrected chi connectivity index (χ0v) is 12.3. The molecule has 1 aromatic rings. The first kappa shape index (κ1) is 13.2. The van der Waals surface area contributed by atoms with Crippen molar-refractivity contribution in [2.75, 3.05) is 0 Å². The van der Waals surface area contributed by atoms with E-state index in [2.05, 4.69) is 37.9 Å². The minimum atomic E-state index is -0.712. The Kier molecular flexibility index (Phi) is 5.29. The van der Waals surface area contributed by atoms with Crippen molar-refractivity contribution in [3.8, 4) is 0 Å². The van der Waals surface area contributed by atoms with Crippen LogP contribution in [0.4, 0.5) is 0 Å². The third kappa shape index (κ3) is 4.66. The lowest BCUT2D eigenvalue weighted by Crippen LogP contribution is -2.04. The van der Waals surface area contributed by atoms with E-state index in [4.69, 9.17) is 5.11 Å². The Hall–Kier alpha value is 0.130. The van der Waals surface area contributed by atoms with Gasteiger partial charge in [0.05, 0.1) is 3.79 Å². The van der Waals surface area contributed by atoms with Gasteiger partial charge in [-0.2, -0.15) is 0 Å². The number of thiophene rings is 1. The lowest BCUT2D eigenvalue weighted by Gasteiger charge is -2.06. The van der Waals surface area contributed by atoms with Crippen molar-refractivity contribution in [1.82, 2.24) is 0 Å². The van der Waals surface area contributed by atoms with Crippen LogP contribution >= 0.6 is 43.2 Å². The second kappa shape index (κ2) is 6.01. The summed E-state index contributed by atoms with van der Waals surface area (Å²) in [5.74, 6) is -0.474. The Morgan fingerprint density at radius 2 is 2.27 bits per heavy atom. The van der Waals surface area contributed by atoms with Crippen LogP contribution in [0.3, 0.4) is 0 Å². The summed E-state index contributed by atoms with van der Waals surface area (Å²) >= 11 is 8.57. The molecule has 2 nitrogen and oxygen atoms in total. The van der Waals surface area contributed by atoms with E-state index in [9.17, 15) is 4.79 Å². The van der Waals surface area contributed by atoms with Crippen LogP contribution in [0.5, 0.6) is 0 Å². The van der Waals surface area contributed by atoms with Crippen LogP contribution in [0.1, 0.15) is 24.6 Å². The number of hydrogen-bond donors (Lipinski definition) is 1. The second-order valence-electron chi connectivity index (χ2n) is 3.58. The predicted molar refractivity (Wildman–Crippen MR) is 69.5 cm³/mol. The highest BCUT2D eigenvalue weighted by Crippen LogP contribution is 2.33. The fourth-order valence-corrected chi connectivity index (χ4v) is 3.50. The van der Waals surface area contributed by atoms with E-state index in [0.29, 0.717) is 0 Å². The molecule has 5 heteroatoms. The van der Waals surface area contributed by atoms with Gasteiger partial charge in [-0.1, -0.05) is 6.92 Å². The van der Waals surface area contributed by atoms with Gasteiger partial charge in [0.15, 0.2) is 0 Å². The third-order valence-electron chi connectivity index (χ3n) is 2.10. The van der Waals surface area contributed by atoms with E-state index in [-0.39, 0.29) is 12.3 Å². The van der Waals surface area contributed by atoms with Crippen molar-refractivity contribution in [2.24, 2.45) is 5.92 Å². The Morgan fingerprint density at radius 1 is 1.60 bits per heavy atom. The van der Waals surface area contributed by atoms with Crippen molar-refractivity contribution >= 4 is 49.2 Å². The van der Waals surface area contributed by atoms with E-state index in [1.54, 1.807) is 11.3 Å². The lowest BCUT2D eigenvalue weighted by molar-refractivity contribution is -0.138. The van der Waals surface area contributed by atoms with Crippen LogP contribution in [0.2, 0.25) is 0 Å². The van der Waals surface area contributed by atoms with Gasteiger partial charge >= 0.3 is 5.97 Å². The normalized spacial score (nSPS) is 12.7. The van der Waals surface area contributed by atoms with Gasteiger partial charge in [0.2, 0.25) is 0 Å². The Labute approximate surface area is 110 Å². The Bertz CT molecular complexity index is 330. The van der Waals surface area contributed by atoms with E-state index in [1.165, 1.54) is 4.88 Å². The molecule has 0 aliphatic heterocycles. The van der Waals surface area contributed by atoms with Gasteiger partial charge in [-0.15, -0.1) is 11.3 Å². The Balaban J connectivity index is 2.40. The number of aliphatic carboxylic acids is 1. The molecule has 0 aromatic carbocycles. The summed E-state index contributed by atoms with van der Waals surface area (Å²) in [6.45, 7) is 1.98. The van der Waals surface area contributed by atoms with E-state index in [0.717, 1.165) is 21.1 Å². The number of halogens is 2. The highest BCUT2D eigenvalue weighted by Gasteiger charge is 2.09. The zero-order valence-electron chi connectivity index (χ0n) is 8.30. The first-order valence-electron chi connectivity index (χ1n) is 4.64. The predicted octanol–water partition coefficient (Wildman–Crippen LogP) is 4.32. The van der Waals surface area contributed by atoms with Gasteiger partial charge in [0.25, 0.3) is 0 Å². The molecule has 0 aliphatic rings. The molecule has 1 heterocycles. The summed E-state index contributed by atoms with van der Waals surface area (Å²) in [5.41, 5.74) is 0. The topological polar surface area (TPSA) is 37.3 Å². The maximum absolute atomic E-state index is 10.5. The molecule has 0 saturated heterocycles. The molecule has 0 fully saturated rings. The summed E-state index contributed by atoms with van der Waals surface area (Å²) in [6.07, 6.45) is 2.13. The number of hydrogen-bond acceptors (Lipinski definition) is 2. The van der Waals surface area contributed by atoms with Gasteiger partial charge in [-0.3, -0.25) is 4.79 Å². The van der Waals surface area contributed by atoms with Crippen molar-refractivity contribution in [3.05, 3.63) is 19.2 Å². The van der Waals surface area contributed by atoms with Crippen LogP contribution in [0.15, 0.2) is 14.3 Å². The van der Waals surface area contributed by atoms with Crippen molar-refractivity contribution in [3.63, 3.8) is 0 Å². The quantitative estimate of drug-likeness (QED) is 0.854. The van der Waals surface area contributed by atoms with Gasteiger partial charge in [0.1, 0.15) is 0 Å². The van der Waals surface area contributed by atoms with Crippen molar-refractivity contribution in [1.29, 1.82) is 0 Å². The fraction of sp³-hybridized carbons (Fsp3) is 0.500. The average Bonchev–Trinajstić information content (AvgIpc) is 2.42. The van der Waals surface area contributed by atoms with Crippen LogP contribution in [0.25, 0.3) is 0 Å². The molecule has 0 spiro atoms. The highest BCUT2D eigenvalue weighted by atomic mass is 79.9. The van der Waals surface area contributed by atoms with Gasteiger partial charge < -0.3 is 5.11 Å². The molecule has 1 rings (SSSR count). The first-order valence-corrected chi connectivity index (χ1v) is 7.04. The second-order valence-corrected chi connectivity index (χ2v) is 6.89. The molecule has 0 radical (unpaired) electrons. The van der Waals surface area contributed by atoms with E-state index in [1.807, 2.05) is 6.92 Å². The zero-order chi connectivity index (χ0) is 11.4. The molecule has 0 bridgehead atoms. The Morgan fingerprint density at radius 3 is 2.73 bits per heavy atom.